The molecule has 0 atom stereocenters. The van der Waals surface area contributed by atoms with Gasteiger partial charge < -0.3 is 20.2 Å². The molecule has 1 heterocycles. The van der Waals surface area contributed by atoms with Gasteiger partial charge in [-0.05, 0) is 36.9 Å². The molecule has 2 N–H and O–H groups in total. The van der Waals surface area contributed by atoms with Crippen molar-refractivity contribution in [2.75, 3.05) is 43.4 Å². The van der Waals surface area contributed by atoms with Crippen LogP contribution in [-0.4, -0.2) is 55.1 Å². The molecular weight excluding hydrogens is 342 g/mol. The lowest BCUT2D eigenvalue weighted by molar-refractivity contribution is -0.130. The van der Waals surface area contributed by atoms with Gasteiger partial charge in [0.1, 0.15) is 0 Å². The zero-order chi connectivity index (χ0) is 19.2. The van der Waals surface area contributed by atoms with Crippen molar-refractivity contribution < 1.29 is 14.7 Å². The molecule has 0 spiro atoms. The second-order valence-corrected chi connectivity index (χ2v) is 6.56. The van der Waals surface area contributed by atoms with Crippen LogP contribution in [-0.2, 0) is 9.59 Å². The SMILES string of the molecule is CN1CCN(c2ccc(NC(=O)/C=C(\C(=O)O)c3ccccc3)cc2)CC1. The number of aliphatic carboxylic acids is 1. The molecule has 6 heteroatoms. The molecule has 2 aromatic carbocycles. The predicted molar refractivity (Wildman–Crippen MR) is 107 cm³/mol. The van der Waals surface area contributed by atoms with Gasteiger partial charge in [0.05, 0.1) is 5.57 Å². The normalized spacial score (nSPS) is 15.4. The zero-order valence-electron chi connectivity index (χ0n) is 15.3. The van der Waals surface area contributed by atoms with E-state index in [1.165, 1.54) is 0 Å². The first-order valence-corrected chi connectivity index (χ1v) is 8.88. The van der Waals surface area contributed by atoms with Crippen LogP contribution in [0.4, 0.5) is 11.4 Å². The zero-order valence-corrected chi connectivity index (χ0v) is 15.3. The fourth-order valence-electron chi connectivity index (χ4n) is 3.02. The van der Waals surface area contributed by atoms with Crippen LogP contribution < -0.4 is 10.2 Å². The van der Waals surface area contributed by atoms with Crippen molar-refractivity contribution in [3.05, 3.63) is 66.2 Å². The summed E-state index contributed by atoms with van der Waals surface area (Å²) in [7, 11) is 2.12. The van der Waals surface area contributed by atoms with Crippen LogP contribution in [0, 0.1) is 0 Å². The first kappa shape index (κ1) is 18.7. The molecule has 0 aromatic heterocycles. The lowest BCUT2D eigenvalue weighted by Gasteiger charge is -2.34. The lowest BCUT2D eigenvalue weighted by atomic mass is 10.1. The Bertz CT molecular complexity index is 824. The monoisotopic (exact) mass is 365 g/mol. The lowest BCUT2D eigenvalue weighted by Crippen LogP contribution is -2.44. The summed E-state index contributed by atoms with van der Waals surface area (Å²) in [5, 5.41) is 12.1. The molecule has 0 bridgehead atoms. The van der Waals surface area contributed by atoms with Gasteiger partial charge in [0, 0.05) is 43.6 Å². The molecule has 1 amide bonds. The Labute approximate surface area is 158 Å². The van der Waals surface area contributed by atoms with E-state index in [0.717, 1.165) is 37.9 Å². The quantitative estimate of drug-likeness (QED) is 0.797. The van der Waals surface area contributed by atoms with Crippen LogP contribution in [0.1, 0.15) is 5.56 Å². The number of likely N-dealkylation sites (N-methyl/N-ethyl adjacent to an activating group) is 1. The fraction of sp³-hybridized carbons (Fsp3) is 0.238. The van der Waals surface area contributed by atoms with Crippen molar-refractivity contribution >= 4 is 28.8 Å². The molecule has 6 nitrogen and oxygen atoms in total. The number of carboxylic acid groups (broad SMARTS) is 1. The number of nitrogens with one attached hydrogen (secondary N) is 1. The van der Waals surface area contributed by atoms with Crippen LogP contribution in [0.25, 0.3) is 5.57 Å². The standard InChI is InChI=1S/C21H23N3O3/c1-23-11-13-24(14-12-23)18-9-7-17(8-10-18)22-20(25)15-19(21(26)27)16-5-3-2-4-6-16/h2-10,15H,11-14H2,1H3,(H,22,25)(H,26,27)/b19-15-. The Kier molecular flexibility index (Phi) is 5.88. The largest absolute Gasteiger partial charge is 0.478 e. The number of amides is 1. The van der Waals surface area contributed by atoms with Gasteiger partial charge in [-0.25, -0.2) is 4.79 Å². The highest BCUT2D eigenvalue weighted by molar-refractivity contribution is 6.21. The van der Waals surface area contributed by atoms with Gasteiger partial charge in [0.15, 0.2) is 0 Å². The number of hydrogen-bond donors (Lipinski definition) is 2. The van der Waals surface area contributed by atoms with Gasteiger partial charge in [-0.3, -0.25) is 4.79 Å². The minimum absolute atomic E-state index is 0.0397. The van der Waals surface area contributed by atoms with Gasteiger partial charge in [0.2, 0.25) is 5.91 Å². The van der Waals surface area contributed by atoms with E-state index in [0.29, 0.717) is 11.3 Å². The summed E-state index contributed by atoms with van der Waals surface area (Å²) in [4.78, 5) is 28.3. The Morgan fingerprint density at radius 1 is 0.963 bits per heavy atom. The third-order valence-electron chi connectivity index (χ3n) is 4.59. The van der Waals surface area contributed by atoms with E-state index in [9.17, 15) is 14.7 Å². The number of rotatable bonds is 5. The summed E-state index contributed by atoms with van der Waals surface area (Å²) < 4.78 is 0. The Morgan fingerprint density at radius 3 is 2.19 bits per heavy atom. The van der Waals surface area contributed by atoms with Gasteiger partial charge in [-0.1, -0.05) is 30.3 Å². The molecule has 3 rings (SSSR count). The van der Waals surface area contributed by atoms with Crippen LogP contribution in [0.2, 0.25) is 0 Å². The third-order valence-corrected chi connectivity index (χ3v) is 4.59. The fourth-order valence-corrected chi connectivity index (χ4v) is 3.02. The second-order valence-electron chi connectivity index (χ2n) is 6.56. The average molecular weight is 365 g/mol. The summed E-state index contributed by atoms with van der Waals surface area (Å²) in [5.41, 5.74) is 2.20. The number of nitrogens with zero attached hydrogens (tertiary/aromatic N) is 2. The highest BCUT2D eigenvalue weighted by Crippen LogP contribution is 2.20. The van der Waals surface area contributed by atoms with Gasteiger partial charge in [-0.2, -0.15) is 0 Å². The highest BCUT2D eigenvalue weighted by Gasteiger charge is 2.15. The number of benzene rings is 2. The summed E-state index contributed by atoms with van der Waals surface area (Å²) in [6.45, 7) is 4.01. The number of carboxylic acids is 1. The van der Waals surface area contributed by atoms with Crippen LogP contribution in [0.5, 0.6) is 0 Å². The second kappa shape index (κ2) is 8.51. The molecular formula is C21H23N3O3. The van der Waals surface area contributed by atoms with E-state index in [2.05, 4.69) is 22.2 Å². The van der Waals surface area contributed by atoms with E-state index in [1.807, 2.05) is 24.3 Å². The molecule has 0 unspecified atom stereocenters. The summed E-state index contributed by atoms with van der Waals surface area (Å²) >= 11 is 0. The maximum atomic E-state index is 12.3. The van der Waals surface area contributed by atoms with Crippen LogP contribution in [0.3, 0.4) is 0 Å². The minimum Gasteiger partial charge on any atom is -0.478 e. The molecule has 0 saturated carbocycles. The van der Waals surface area contributed by atoms with Gasteiger partial charge >= 0.3 is 5.97 Å². The van der Waals surface area contributed by atoms with Crippen molar-refractivity contribution in [1.82, 2.24) is 4.90 Å². The maximum absolute atomic E-state index is 12.3. The van der Waals surface area contributed by atoms with E-state index in [1.54, 1.807) is 30.3 Å². The number of hydrogen-bond acceptors (Lipinski definition) is 4. The van der Waals surface area contributed by atoms with Crippen molar-refractivity contribution in [3.8, 4) is 0 Å². The molecule has 27 heavy (non-hydrogen) atoms. The minimum atomic E-state index is -1.14. The topological polar surface area (TPSA) is 72.9 Å². The molecule has 1 aliphatic heterocycles. The van der Waals surface area contributed by atoms with E-state index in [-0.39, 0.29) is 5.57 Å². The average Bonchev–Trinajstić information content (AvgIpc) is 2.68. The Morgan fingerprint density at radius 2 is 1.59 bits per heavy atom. The van der Waals surface area contributed by atoms with Crippen molar-refractivity contribution in [2.45, 2.75) is 0 Å². The Hall–Kier alpha value is -3.12. The smallest absolute Gasteiger partial charge is 0.336 e. The van der Waals surface area contributed by atoms with E-state index in [4.69, 9.17) is 0 Å². The first-order chi connectivity index (χ1) is 13.0. The number of carbonyl (C=O) groups excluding carboxylic acids is 1. The molecule has 140 valence electrons. The van der Waals surface area contributed by atoms with E-state index >= 15 is 0 Å². The van der Waals surface area contributed by atoms with E-state index < -0.39 is 11.9 Å². The van der Waals surface area contributed by atoms with Gasteiger partial charge in [0.25, 0.3) is 0 Å². The number of piperazine rings is 1. The summed E-state index contributed by atoms with van der Waals surface area (Å²) in [6, 6.07) is 16.2. The van der Waals surface area contributed by atoms with Crippen LogP contribution >= 0.6 is 0 Å². The Balaban J connectivity index is 1.67. The molecule has 2 aromatic rings. The third kappa shape index (κ3) is 4.95. The van der Waals surface area contributed by atoms with Crippen LogP contribution in [0.15, 0.2) is 60.7 Å². The van der Waals surface area contributed by atoms with Crippen molar-refractivity contribution in [3.63, 3.8) is 0 Å². The number of anilines is 2. The van der Waals surface area contributed by atoms with Crippen molar-refractivity contribution in [2.24, 2.45) is 0 Å². The first-order valence-electron chi connectivity index (χ1n) is 8.88. The molecule has 1 aliphatic rings. The van der Waals surface area contributed by atoms with Crippen molar-refractivity contribution in [1.29, 1.82) is 0 Å². The van der Waals surface area contributed by atoms with Gasteiger partial charge in [-0.15, -0.1) is 0 Å². The molecule has 1 saturated heterocycles. The maximum Gasteiger partial charge on any atom is 0.336 e. The highest BCUT2D eigenvalue weighted by atomic mass is 16.4. The molecule has 0 radical (unpaired) electrons. The summed E-state index contributed by atoms with van der Waals surface area (Å²) in [5.74, 6) is -1.61. The summed E-state index contributed by atoms with van der Waals surface area (Å²) in [6.07, 6.45) is 1.12. The number of carbonyl (C=O) groups is 2. The predicted octanol–water partition coefficient (Wildman–Crippen LogP) is 2.55. The molecule has 0 aliphatic carbocycles. The molecule has 1 fully saturated rings.